The number of hydrogen-bond acceptors (Lipinski definition) is 5. The summed E-state index contributed by atoms with van der Waals surface area (Å²) >= 11 is 0. The number of allylic oxidation sites excluding steroid dienone is 3. The van der Waals surface area contributed by atoms with Gasteiger partial charge in [0, 0.05) is 5.57 Å². The Morgan fingerprint density at radius 1 is 1.16 bits per heavy atom. The third kappa shape index (κ3) is 5.21. The van der Waals surface area contributed by atoms with Crippen molar-refractivity contribution in [3.8, 4) is 0 Å². The molecule has 4 N–H and O–H groups in total. The maximum absolute atomic E-state index is 12.0. The van der Waals surface area contributed by atoms with Crippen molar-refractivity contribution in [2.75, 3.05) is 6.61 Å². The highest BCUT2D eigenvalue weighted by Crippen LogP contribution is 2.31. The molecular formula is C20H24O5. The van der Waals surface area contributed by atoms with Gasteiger partial charge in [0.2, 0.25) is 0 Å². The Hall–Kier alpha value is -2.05. The van der Waals surface area contributed by atoms with Gasteiger partial charge in [-0.3, -0.25) is 4.79 Å². The number of aliphatic hydroxyl groups excluding tert-OH is 3. The molecule has 0 saturated carbocycles. The predicted octanol–water partition coefficient (Wildman–Crippen LogP) is 1.08. The third-order valence-electron chi connectivity index (χ3n) is 4.26. The number of rotatable bonds is 8. The van der Waals surface area contributed by atoms with Crippen LogP contribution in [-0.2, 0) is 11.2 Å². The van der Waals surface area contributed by atoms with Gasteiger partial charge in [0.15, 0.2) is 5.78 Å². The second kappa shape index (κ2) is 8.87. The summed E-state index contributed by atoms with van der Waals surface area (Å²) in [5.41, 5.74) is 0.0879. The Kier molecular flexibility index (Phi) is 6.84. The summed E-state index contributed by atoms with van der Waals surface area (Å²) in [5, 5.41) is 38.4. The van der Waals surface area contributed by atoms with Gasteiger partial charge < -0.3 is 20.4 Å². The average molecular weight is 344 g/mol. The molecule has 134 valence electrons. The highest BCUT2D eigenvalue weighted by Gasteiger charge is 2.36. The zero-order valence-corrected chi connectivity index (χ0v) is 14.0. The van der Waals surface area contributed by atoms with Crippen molar-refractivity contribution in [3.63, 3.8) is 0 Å². The summed E-state index contributed by atoms with van der Waals surface area (Å²) in [4.78, 5) is 12.0. The largest absolute Gasteiger partial charge is 0.394 e. The molecule has 1 aliphatic carbocycles. The summed E-state index contributed by atoms with van der Waals surface area (Å²) < 4.78 is 0. The number of aryl methyl sites for hydroxylation is 1. The number of hydrogen-bond donors (Lipinski definition) is 4. The van der Waals surface area contributed by atoms with Crippen molar-refractivity contribution < 1.29 is 25.2 Å². The molecule has 0 heterocycles. The van der Waals surface area contributed by atoms with Crippen molar-refractivity contribution >= 4 is 5.78 Å². The van der Waals surface area contributed by atoms with Crippen LogP contribution in [0.4, 0.5) is 0 Å². The lowest BCUT2D eigenvalue weighted by Gasteiger charge is -2.22. The minimum Gasteiger partial charge on any atom is -0.394 e. The van der Waals surface area contributed by atoms with E-state index in [1.54, 1.807) is 0 Å². The second-order valence-electron chi connectivity index (χ2n) is 6.17. The van der Waals surface area contributed by atoms with Crippen LogP contribution in [0.25, 0.3) is 0 Å². The quantitative estimate of drug-likeness (QED) is 0.529. The molecule has 3 unspecified atom stereocenters. The van der Waals surface area contributed by atoms with Gasteiger partial charge in [-0.2, -0.15) is 0 Å². The van der Waals surface area contributed by atoms with Crippen LogP contribution in [0.2, 0.25) is 0 Å². The number of aliphatic hydroxyl groups is 4. The molecule has 0 bridgehead atoms. The fraction of sp³-hybridized carbons (Fsp3) is 0.350. The molecule has 0 amide bonds. The Morgan fingerprint density at radius 3 is 2.56 bits per heavy atom. The average Bonchev–Trinajstić information content (AvgIpc) is 2.90. The van der Waals surface area contributed by atoms with Crippen LogP contribution in [-0.4, -0.2) is 50.6 Å². The minimum absolute atomic E-state index is 0.238. The van der Waals surface area contributed by atoms with Crippen LogP contribution in [0.1, 0.15) is 18.4 Å². The Balaban J connectivity index is 1.99. The van der Waals surface area contributed by atoms with Gasteiger partial charge in [-0.15, -0.1) is 0 Å². The van der Waals surface area contributed by atoms with E-state index in [4.69, 9.17) is 5.11 Å². The van der Waals surface area contributed by atoms with Gasteiger partial charge in [0.25, 0.3) is 0 Å². The Morgan fingerprint density at radius 2 is 1.88 bits per heavy atom. The molecular weight excluding hydrogens is 320 g/mol. The molecule has 0 radical (unpaired) electrons. The molecule has 0 aliphatic heterocycles. The van der Waals surface area contributed by atoms with Crippen LogP contribution in [0, 0.1) is 0 Å². The lowest BCUT2D eigenvalue weighted by molar-refractivity contribution is -0.112. The van der Waals surface area contributed by atoms with Crippen LogP contribution in [0.15, 0.2) is 66.3 Å². The first kappa shape index (κ1) is 19.3. The van der Waals surface area contributed by atoms with Gasteiger partial charge in [-0.05, 0) is 37.0 Å². The van der Waals surface area contributed by atoms with Crippen molar-refractivity contribution in [2.45, 2.75) is 37.1 Å². The summed E-state index contributed by atoms with van der Waals surface area (Å²) in [6.07, 6.45) is 6.37. The van der Waals surface area contributed by atoms with Crippen molar-refractivity contribution in [2.24, 2.45) is 0 Å². The maximum atomic E-state index is 12.0. The Bertz CT molecular complexity index is 662. The van der Waals surface area contributed by atoms with E-state index in [-0.39, 0.29) is 11.4 Å². The molecule has 1 aromatic carbocycles. The SMILES string of the molecule is O=C1C=CC(O)(CCCc2ccccc2)C1=CC=CC(O)C(O)CO. The van der Waals surface area contributed by atoms with Crippen molar-refractivity contribution in [1.82, 2.24) is 0 Å². The second-order valence-corrected chi connectivity index (χ2v) is 6.17. The van der Waals surface area contributed by atoms with E-state index in [1.807, 2.05) is 30.3 Å². The minimum atomic E-state index is -1.32. The normalized spacial score (nSPS) is 24.3. The number of carbonyl (C=O) groups excluding carboxylic acids is 1. The molecule has 1 aliphatic rings. The van der Waals surface area contributed by atoms with Gasteiger partial charge in [-0.25, -0.2) is 0 Å². The fourth-order valence-electron chi connectivity index (χ4n) is 2.76. The van der Waals surface area contributed by atoms with Crippen LogP contribution < -0.4 is 0 Å². The van der Waals surface area contributed by atoms with E-state index >= 15 is 0 Å². The summed E-state index contributed by atoms with van der Waals surface area (Å²) in [6, 6.07) is 9.92. The topological polar surface area (TPSA) is 98.0 Å². The standard InChI is InChI=1S/C20H24O5/c21-14-19(24)18(23)10-4-9-16-17(22)11-13-20(16,25)12-5-8-15-6-2-1-3-7-15/h1-4,6-7,9-11,13,18-19,21,23-25H,5,8,12,14H2. The van der Waals surface area contributed by atoms with Crippen molar-refractivity contribution in [1.29, 1.82) is 0 Å². The Labute approximate surface area is 147 Å². The molecule has 5 nitrogen and oxygen atoms in total. The summed E-state index contributed by atoms with van der Waals surface area (Å²) in [5.74, 6) is -0.274. The number of benzene rings is 1. The van der Waals surface area contributed by atoms with Gasteiger partial charge in [0.05, 0.1) is 6.61 Å². The lowest BCUT2D eigenvalue weighted by Crippen LogP contribution is -2.28. The monoisotopic (exact) mass is 344 g/mol. The predicted molar refractivity (Wildman–Crippen MR) is 94.8 cm³/mol. The van der Waals surface area contributed by atoms with E-state index in [2.05, 4.69) is 0 Å². The first-order valence-electron chi connectivity index (χ1n) is 8.32. The highest BCUT2D eigenvalue weighted by molar-refractivity contribution is 6.09. The molecule has 25 heavy (non-hydrogen) atoms. The van der Waals surface area contributed by atoms with Crippen LogP contribution in [0.3, 0.4) is 0 Å². The van der Waals surface area contributed by atoms with Gasteiger partial charge in [0.1, 0.15) is 17.8 Å². The first-order valence-corrected chi connectivity index (χ1v) is 8.32. The molecule has 0 saturated heterocycles. The zero-order chi connectivity index (χ0) is 18.3. The van der Waals surface area contributed by atoms with E-state index in [0.717, 1.165) is 6.42 Å². The maximum Gasteiger partial charge on any atom is 0.184 e. The van der Waals surface area contributed by atoms with Gasteiger partial charge >= 0.3 is 0 Å². The van der Waals surface area contributed by atoms with Crippen molar-refractivity contribution in [3.05, 3.63) is 71.8 Å². The van der Waals surface area contributed by atoms with E-state index in [1.165, 1.54) is 35.9 Å². The lowest BCUT2D eigenvalue weighted by atomic mass is 9.89. The molecule has 1 aromatic rings. The highest BCUT2D eigenvalue weighted by atomic mass is 16.4. The fourth-order valence-corrected chi connectivity index (χ4v) is 2.76. The number of carbonyl (C=O) groups is 1. The van der Waals surface area contributed by atoms with E-state index in [0.29, 0.717) is 12.8 Å². The number of ketones is 1. The summed E-state index contributed by atoms with van der Waals surface area (Å²) in [7, 11) is 0. The smallest absolute Gasteiger partial charge is 0.184 e. The molecule has 3 atom stereocenters. The van der Waals surface area contributed by atoms with Crippen LogP contribution in [0.5, 0.6) is 0 Å². The molecule has 2 rings (SSSR count). The van der Waals surface area contributed by atoms with Gasteiger partial charge in [-0.1, -0.05) is 48.6 Å². The molecule has 5 heteroatoms. The zero-order valence-electron chi connectivity index (χ0n) is 14.0. The molecule has 0 spiro atoms. The third-order valence-corrected chi connectivity index (χ3v) is 4.26. The first-order chi connectivity index (χ1) is 12.0. The van der Waals surface area contributed by atoms with E-state index in [9.17, 15) is 20.1 Å². The molecule has 0 fully saturated rings. The van der Waals surface area contributed by atoms with Crippen LogP contribution >= 0.6 is 0 Å². The molecule has 0 aromatic heterocycles. The van der Waals surface area contributed by atoms with E-state index < -0.39 is 24.4 Å². The summed E-state index contributed by atoms with van der Waals surface area (Å²) in [6.45, 7) is -0.564.